The highest BCUT2D eigenvalue weighted by atomic mass is 35.5. The van der Waals surface area contributed by atoms with Crippen molar-refractivity contribution in [2.75, 3.05) is 18.5 Å². The van der Waals surface area contributed by atoms with Crippen molar-refractivity contribution in [3.63, 3.8) is 0 Å². The van der Waals surface area contributed by atoms with Gasteiger partial charge in [0.25, 0.3) is 0 Å². The molecule has 2 unspecified atom stereocenters. The van der Waals surface area contributed by atoms with Gasteiger partial charge in [0.1, 0.15) is 5.82 Å². The zero-order valence-electron chi connectivity index (χ0n) is 18.4. The molecular weight excluding hydrogens is 416 g/mol. The summed E-state index contributed by atoms with van der Waals surface area (Å²) in [7, 11) is 1.85. The Hall–Kier alpha value is -2.25. The fourth-order valence-electron chi connectivity index (χ4n) is 5.34. The highest BCUT2D eigenvalue weighted by Crippen LogP contribution is 2.47. The molecule has 1 amide bonds. The number of nitrogens with zero attached hydrogens (tertiary/aromatic N) is 3. The minimum atomic E-state index is -0.851. The molecule has 1 aromatic carbocycles. The molecule has 31 heavy (non-hydrogen) atoms. The van der Waals surface area contributed by atoms with E-state index in [1.54, 1.807) is 0 Å². The number of carbonyl (C=O) groups is 2. The lowest BCUT2D eigenvalue weighted by Gasteiger charge is -2.43. The van der Waals surface area contributed by atoms with Gasteiger partial charge in [-0.25, -0.2) is 5.01 Å². The summed E-state index contributed by atoms with van der Waals surface area (Å²) >= 11 is 6.72. The third-order valence-electron chi connectivity index (χ3n) is 6.70. The fourth-order valence-corrected chi connectivity index (χ4v) is 5.77. The Kier molecular flexibility index (Phi) is 5.92. The highest BCUT2D eigenvalue weighted by molar-refractivity contribution is 6.33. The van der Waals surface area contributed by atoms with Gasteiger partial charge in [0, 0.05) is 25.6 Å². The third kappa shape index (κ3) is 4.01. The molecule has 0 aromatic heterocycles. The van der Waals surface area contributed by atoms with Crippen LogP contribution in [0, 0.1) is 19.8 Å². The topological polar surface area (TPSA) is 90.1 Å². The first-order valence-electron chi connectivity index (χ1n) is 11.0. The average Bonchev–Trinajstić information content (AvgIpc) is 3.45. The first kappa shape index (κ1) is 22.0. The van der Waals surface area contributed by atoms with Gasteiger partial charge >= 0.3 is 5.97 Å². The van der Waals surface area contributed by atoms with E-state index in [2.05, 4.69) is 16.0 Å². The minimum Gasteiger partial charge on any atom is -0.480 e. The molecule has 8 heteroatoms. The summed E-state index contributed by atoms with van der Waals surface area (Å²) in [6, 6.07) is 3.40. The van der Waals surface area contributed by atoms with Crippen LogP contribution in [0.1, 0.15) is 49.7 Å². The lowest BCUT2D eigenvalue weighted by Crippen LogP contribution is -2.51. The van der Waals surface area contributed by atoms with E-state index < -0.39 is 12.0 Å². The molecule has 1 saturated carbocycles. The molecule has 0 saturated heterocycles. The average molecular weight is 447 g/mol. The molecule has 7 nitrogen and oxygen atoms in total. The maximum atomic E-state index is 12.3. The lowest BCUT2D eigenvalue weighted by molar-refractivity contribution is -0.146. The smallest absolute Gasteiger partial charge is 0.327 e. The Labute approximate surface area is 188 Å². The summed E-state index contributed by atoms with van der Waals surface area (Å²) in [4.78, 5) is 26.1. The van der Waals surface area contributed by atoms with Crippen molar-refractivity contribution in [3.05, 3.63) is 39.7 Å². The number of hydrogen-bond acceptors (Lipinski definition) is 5. The van der Waals surface area contributed by atoms with Gasteiger partial charge in [0.2, 0.25) is 5.91 Å². The summed E-state index contributed by atoms with van der Waals surface area (Å²) in [6.07, 6.45) is 4.66. The molecule has 1 aromatic rings. The van der Waals surface area contributed by atoms with E-state index >= 15 is 0 Å². The standard InChI is InChI=1S/C23H31ClN4O3/c1-13-11-14(2)20(17(24)12-13)27-10-4-5-16-21(23(30)31)26(3)28(22(16)27)18(15-6-7-15)8-9-19(25)29/h11-12,15,18,21H,4-10H2,1-3H3,(H2,25,29)(H,30,31). The van der Waals surface area contributed by atoms with Crippen molar-refractivity contribution in [2.24, 2.45) is 11.7 Å². The van der Waals surface area contributed by atoms with E-state index in [0.29, 0.717) is 17.4 Å². The summed E-state index contributed by atoms with van der Waals surface area (Å²) in [6.45, 7) is 4.84. The van der Waals surface area contributed by atoms with Gasteiger partial charge in [0.05, 0.1) is 16.8 Å². The van der Waals surface area contributed by atoms with Crippen molar-refractivity contribution in [2.45, 2.75) is 64.5 Å². The van der Waals surface area contributed by atoms with Gasteiger partial charge in [0.15, 0.2) is 6.04 Å². The van der Waals surface area contributed by atoms with Gasteiger partial charge in [-0.15, -0.1) is 0 Å². The number of benzene rings is 1. The number of rotatable bonds is 7. The zero-order valence-corrected chi connectivity index (χ0v) is 19.2. The largest absolute Gasteiger partial charge is 0.480 e. The molecule has 168 valence electrons. The van der Waals surface area contributed by atoms with Gasteiger partial charge in [-0.1, -0.05) is 17.7 Å². The quantitative estimate of drug-likeness (QED) is 0.666. The van der Waals surface area contributed by atoms with Gasteiger partial charge in [-0.05, 0) is 69.1 Å². The number of halogens is 1. The van der Waals surface area contributed by atoms with Crippen LogP contribution in [0.25, 0.3) is 0 Å². The van der Waals surface area contributed by atoms with Crippen LogP contribution in [-0.2, 0) is 9.59 Å². The van der Waals surface area contributed by atoms with Crippen LogP contribution in [0.3, 0.4) is 0 Å². The number of primary amides is 1. The van der Waals surface area contributed by atoms with Gasteiger partial charge < -0.3 is 15.7 Å². The molecular formula is C23H31ClN4O3. The fraction of sp³-hybridized carbons (Fsp3) is 0.565. The molecule has 3 aliphatic rings. The van der Waals surface area contributed by atoms with Crippen LogP contribution in [0.2, 0.25) is 5.02 Å². The number of carboxylic acid groups (broad SMARTS) is 1. The number of anilines is 1. The SMILES string of the molecule is Cc1cc(C)c(N2CCCC3=C2N(C(CCC(N)=O)C2CC2)N(C)C3C(=O)O)c(Cl)c1. The number of likely N-dealkylation sites (N-methyl/N-ethyl adjacent to an activating group) is 1. The van der Waals surface area contributed by atoms with Crippen LogP contribution in [0.4, 0.5) is 5.69 Å². The Balaban J connectivity index is 1.82. The van der Waals surface area contributed by atoms with Crippen molar-refractivity contribution >= 4 is 29.2 Å². The Bertz CT molecular complexity index is 920. The molecule has 2 aliphatic heterocycles. The van der Waals surface area contributed by atoms with Crippen molar-refractivity contribution in [3.8, 4) is 0 Å². The zero-order chi connectivity index (χ0) is 22.4. The van der Waals surface area contributed by atoms with Crippen LogP contribution >= 0.6 is 11.6 Å². The number of hydrogen-bond donors (Lipinski definition) is 2. The maximum absolute atomic E-state index is 12.3. The second-order valence-electron chi connectivity index (χ2n) is 9.09. The Morgan fingerprint density at radius 3 is 2.58 bits per heavy atom. The third-order valence-corrected chi connectivity index (χ3v) is 6.99. The first-order chi connectivity index (χ1) is 14.7. The molecule has 0 bridgehead atoms. The second kappa shape index (κ2) is 8.36. The summed E-state index contributed by atoms with van der Waals surface area (Å²) in [5.41, 5.74) is 9.49. The number of aliphatic carboxylic acids is 1. The van der Waals surface area contributed by atoms with Crippen LogP contribution in [0.15, 0.2) is 23.5 Å². The number of nitrogens with two attached hydrogens (primary N) is 1. The van der Waals surface area contributed by atoms with E-state index in [9.17, 15) is 14.7 Å². The summed E-state index contributed by atoms with van der Waals surface area (Å²) in [5, 5.41) is 14.7. The molecule has 1 fully saturated rings. The lowest BCUT2D eigenvalue weighted by atomic mass is 9.97. The molecule has 2 atom stereocenters. The Morgan fingerprint density at radius 2 is 2.00 bits per heavy atom. The van der Waals surface area contributed by atoms with E-state index in [1.807, 2.05) is 32.0 Å². The predicted molar refractivity (Wildman–Crippen MR) is 120 cm³/mol. The minimum absolute atomic E-state index is 0.0389. The predicted octanol–water partition coefficient (Wildman–Crippen LogP) is 3.43. The van der Waals surface area contributed by atoms with Gasteiger partial charge in [-0.3, -0.25) is 14.6 Å². The summed E-state index contributed by atoms with van der Waals surface area (Å²) < 4.78 is 0. The normalized spacial score (nSPS) is 22.6. The molecule has 0 radical (unpaired) electrons. The molecule has 4 rings (SSSR count). The van der Waals surface area contributed by atoms with Crippen LogP contribution in [0.5, 0.6) is 0 Å². The van der Waals surface area contributed by atoms with E-state index in [1.165, 1.54) is 0 Å². The van der Waals surface area contributed by atoms with E-state index in [-0.39, 0.29) is 18.4 Å². The highest BCUT2D eigenvalue weighted by Gasteiger charge is 2.50. The van der Waals surface area contributed by atoms with E-state index in [0.717, 1.165) is 60.4 Å². The number of hydrazine groups is 1. The second-order valence-corrected chi connectivity index (χ2v) is 9.49. The summed E-state index contributed by atoms with van der Waals surface area (Å²) in [5.74, 6) is 0.183. The maximum Gasteiger partial charge on any atom is 0.327 e. The van der Waals surface area contributed by atoms with Crippen molar-refractivity contribution in [1.82, 2.24) is 10.0 Å². The number of amides is 1. The van der Waals surface area contributed by atoms with Gasteiger partial charge in [-0.2, -0.15) is 0 Å². The Morgan fingerprint density at radius 1 is 1.29 bits per heavy atom. The number of carbonyl (C=O) groups excluding carboxylic acids is 1. The van der Waals surface area contributed by atoms with E-state index in [4.69, 9.17) is 17.3 Å². The molecule has 2 heterocycles. The number of carboxylic acids is 1. The first-order valence-corrected chi connectivity index (χ1v) is 11.4. The van der Waals surface area contributed by atoms with Crippen molar-refractivity contribution < 1.29 is 14.7 Å². The molecule has 0 spiro atoms. The number of aryl methyl sites for hydroxylation is 2. The van der Waals surface area contributed by atoms with Crippen molar-refractivity contribution in [1.29, 1.82) is 0 Å². The van der Waals surface area contributed by atoms with Crippen LogP contribution in [-0.4, -0.2) is 52.7 Å². The van der Waals surface area contributed by atoms with Crippen LogP contribution < -0.4 is 10.6 Å². The molecule has 1 aliphatic carbocycles. The monoisotopic (exact) mass is 446 g/mol. The molecule has 3 N–H and O–H groups in total.